The number of nitrogens with two attached hydrogens (primary N) is 1. The molecule has 22 heavy (non-hydrogen) atoms. The quantitative estimate of drug-likeness (QED) is 0.728. The molecule has 0 atom stereocenters. The first-order valence-corrected chi connectivity index (χ1v) is 6.87. The van der Waals surface area contributed by atoms with Crippen LogP contribution in [0.5, 0.6) is 5.75 Å². The number of phenolic OH excluding ortho intramolecular Hbond substituents is 1. The van der Waals surface area contributed by atoms with Gasteiger partial charge in [-0.25, -0.2) is 9.66 Å². The molecule has 0 spiro atoms. The number of benzene rings is 2. The third-order valence-corrected chi connectivity index (χ3v) is 3.23. The molecule has 0 amide bonds. The third-order valence-electron chi connectivity index (χ3n) is 3.23. The van der Waals surface area contributed by atoms with Crippen LogP contribution < -0.4 is 5.73 Å². The first kappa shape index (κ1) is 13.9. The zero-order valence-corrected chi connectivity index (χ0v) is 12.1. The number of nitrogen functional groups attached to an aromatic ring is 1. The highest BCUT2D eigenvalue weighted by Crippen LogP contribution is 2.23. The molecule has 1 heterocycles. The van der Waals surface area contributed by atoms with Crippen LogP contribution in [0, 0.1) is 6.92 Å². The molecule has 0 bridgehead atoms. The second kappa shape index (κ2) is 5.73. The van der Waals surface area contributed by atoms with Crippen molar-refractivity contribution in [1.29, 1.82) is 0 Å². The smallest absolute Gasteiger partial charge is 0.221 e. The number of imidazole rings is 1. The minimum Gasteiger partial charge on any atom is -0.508 e. The summed E-state index contributed by atoms with van der Waals surface area (Å²) in [6, 6.07) is 15.0. The Morgan fingerprint density at radius 3 is 2.55 bits per heavy atom. The molecule has 0 aliphatic heterocycles. The fraction of sp³-hybridized carbons (Fsp3) is 0.0588. The van der Waals surface area contributed by atoms with E-state index < -0.39 is 0 Å². The van der Waals surface area contributed by atoms with E-state index in [0.29, 0.717) is 5.95 Å². The van der Waals surface area contributed by atoms with Crippen LogP contribution >= 0.6 is 0 Å². The van der Waals surface area contributed by atoms with E-state index in [2.05, 4.69) is 10.1 Å². The molecule has 0 unspecified atom stereocenters. The van der Waals surface area contributed by atoms with Crippen LogP contribution in [-0.2, 0) is 0 Å². The van der Waals surface area contributed by atoms with Gasteiger partial charge in [0.2, 0.25) is 5.95 Å². The summed E-state index contributed by atoms with van der Waals surface area (Å²) in [4.78, 5) is 4.10. The van der Waals surface area contributed by atoms with Gasteiger partial charge in [-0.15, -0.1) is 0 Å². The molecule has 3 aromatic rings. The normalized spacial score (nSPS) is 11.1. The van der Waals surface area contributed by atoms with Gasteiger partial charge >= 0.3 is 0 Å². The first-order chi connectivity index (χ1) is 10.6. The van der Waals surface area contributed by atoms with Crippen LogP contribution in [0.4, 0.5) is 5.95 Å². The lowest BCUT2D eigenvalue weighted by Gasteiger charge is -2.03. The lowest BCUT2D eigenvalue weighted by molar-refractivity contribution is 0.475. The number of anilines is 1. The number of hydrogen-bond donors (Lipinski definition) is 2. The summed E-state index contributed by atoms with van der Waals surface area (Å²) >= 11 is 0. The number of nitrogens with zero attached hydrogens (tertiary/aromatic N) is 3. The van der Waals surface area contributed by atoms with E-state index in [4.69, 9.17) is 5.73 Å². The van der Waals surface area contributed by atoms with Crippen LogP contribution in [0.25, 0.3) is 11.1 Å². The van der Waals surface area contributed by atoms with Crippen molar-refractivity contribution in [2.45, 2.75) is 6.92 Å². The van der Waals surface area contributed by atoms with Gasteiger partial charge in [0.05, 0.1) is 18.1 Å². The van der Waals surface area contributed by atoms with Gasteiger partial charge in [0.1, 0.15) is 5.75 Å². The van der Waals surface area contributed by atoms with Crippen LogP contribution in [0.3, 0.4) is 0 Å². The summed E-state index contributed by atoms with van der Waals surface area (Å²) in [5.74, 6) is 0.608. The van der Waals surface area contributed by atoms with E-state index in [1.165, 1.54) is 4.68 Å². The van der Waals surface area contributed by atoms with E-state index in [1.54, 1.807) is 24.5 Å². The molecular formula is C17H16N4O. The van der Waals surface area contributed by atoms with Gasteiger partial charge in [-0.2, -0.15) is 5.10 Å². The van der Waals surface area contributed by atoms with Crippen LogP contribution in [0.15, 0.2) is 59.8 Å². The molecule has 2 aromatic carbocycles. The van der Waals surface area contributed by atoms with E-state index in [-0.39, 0.29) is 5.75 Å². The molecule has 0 saturated carbocycles. The molecule has 5 heteroatoms. The van der Waals surface area contributed by atoms with Crippen molar-refractivity contribution in [3.05, 3.63) is 66.0 Å². The Bertz CT molecular complexity index is 836. The van der Waals surface area contributed by atoms with Crippen LogP contribution in [-0.4, -0.2) is 21.0 Å². The molecule has 110 valence electrons. The topological polar surface area (TPSA) is 76.4 Å². The van der Waals surface area contributed by atoms with Gasteiger partial charge in [-0.3, -0.25) is 0 Å². The van der Waals surface area contributed by atoms with Gasteiger partial charge in [0, 0.05) is 0 Å². The highest BCUT2D eigenvalue weighted by Gasteiger charge is 2.01. The number of aromatic nitrogens is 2. The van der Waals surface area contributed by atoms with Crippen molar-refractivity contribution in [2.24, 2.45) is 5.10 Å². The molecule has 0 radical (unpaired) electrons. The van der Waals surface area contributed by atoms with E-state index in [0.717, 1.165) is 22.4 Å². The summed E-state index contributed by atoms with van der Waals surface area (Å²) in [5.41, 5.74) is 9.47. The maximum absolute atomic E-state index is 9.58. The molecule has 0 fully saturated rings. The first-order valence-electron chi connectivity index (χ1n) is 6.87. The minimum atomic E-state index is 0.248. The van der Waals surface area contributed by atoms with E-state index >= 15 is 0 Å². The molecule has 3 N–H and O–H groups in total. The minimum absolute atomic E-state index is 0.248. The average Bonchev–Trinajstić information content (AvgIpc) is 2.83. The van der Waals surface area contributed by atoms with Gasteiger partial charge in [0.15, 0.2) is 0 Å². The molecule has 0 aliphatic carbocycles. The highest BCUT2D eigenvalue weighted by molar-refractivity contribution is 5.82. The number of hydrogen-bond acceptors (Lipinski definition) is 4. The molecule has 0 aliphatic rings. The molecule has 0 saturated heterocycles. The summed E-state index contributed by atoms with van der Waals surface area (Å²) in [7, 11) is 0. The fourth-order valence-corrected chi connectivity index (χ4v) is 2.21. The third kappa shape index (κ3) is 2.98. The van der Waals surface area contributed by atoms with Crippen LogP contribution in [0.1, 0.15) is 11.3 Å². The van der Waals surface area contributed by atoms with Crippen molar-refractivity contribution >= 4 is 12.2 Å². The maximum Gasteiger partial charge on any atom is 0.221 e. The maximum atomic E-state index is 9.58. The van der Waals surface area contributed by atoms with E-state index in [1.807, 2.05) is 43.3 Å². The van der Waals surface area contributed by atoms with Crippen molar-refractivity contribution in [2.75, 3.05) is 5.73 Å². The van der Waals surface area contributed by atoms with E-state index in [9.17, 15) is 5.11 Å². The van der Waals surface area contributed by atoms with Crippen molar-refractivity contribution < 1.29 is 5.11 Å². The summed E-state index contributed by atoms with van der Waals surface area (Å²) in [6.45, 7) is 1.87. The van der Waals surface area contributed by atoms with Crippen molar-refractivity contribution in [3.63, 3.8) is 0 Å². The predicted molar refractivity (Wildman–Crippen MR) is 87.9 cm³/mol. The number of aromatic hydroxyl groups is 1. The Morgan fingerprint density at radius 1 is 1.14 bits per heavy atom. The standard InChI is InChI=1S/C17H16N4O/c1-12-11-21(17(18)20-12)19-10-13-4-2-5-14(8-13)15-6-3-7-16(22)9-15/h2-11,22H,1H3,(H2,18,20). The molecular weight excluding hydrogens is 276 g/mol. The summed E-state index contributed by atoms with van der Waals surface area (Å²) in [6.07, 6.45) is 3.49. The SMILES string of the molecule is Cc1cn(N=Cc2cccc(-c3cccc(O)c3)c2)c(N)n1. The Hall–Kier alpha value is -3.08. The molecule has 1 aromatic heterocycles. The van der Waals surface area contributed by atoms with Gasteiger partial charge in [-0.1, -0.05) is 30.3 Å². The van der Waals surface area contributed by atoms with Gasteiger partial charge < -0.3 is 10.8 Å². The molecule has 3 rings (SSSR count). The Balaban J connectivity index is 1.90. The Labute approximate surface area is 128 Å². The summed E-state index contributed by atoms with van der Waals surface area (Å²) < 4.78 is 1.54. The van der Waals surface area contributed by atoms with Crippen LogP contribution in [0.2, 0.25) is 0 Å². The Kier molecular flexibility index (Phi) is 3.62. The number of rotatable bonds is 3. The monoisotopic (exact) mass is 292 g/mol. The lowest BCUT2D eigenvalue weighted by atomic mass is 10.0. The number of phenols is 1. The lowest BCUT2D eigenvalue weighted by Crippen LogP contribution is -1.97. The number of aryl methyl sites for hydroxylation is 1. The van der Waals surface area contributed by atoms with Gasteiger partial charge in [0.25, 0.3) is 0 Å². The second-order valence-corrected chi connectivity index (χ2v) is 5.01. The summed E-state index contributed by atoms with van der Waals surface area (Å²) in [5, 5.41) is 13.9. The average molecular weight is 292 g/mol. The molecule has 5 nitrogen and oxygen atoms in total. The Morgan fingerprint density at radius 2 is 1.86 bits per heavy atom. The highest BCUT2D eigenvalue weighted by atomic mass is 16.3. The second-order valence-electron chi connectivity index (χ2n) is 5.01. The zero-order chi connectivity index (χ0) is 15.5. The zero-order valence-electron chi connectivity index (χ0n) is 12.1. The predicted octanol–water partition coefficient (Wildman–Crippen LogP) is 3.03. The largest absolute Gasteiger partial charge is 0.508 e. The van der Waals surface area contributed by atoms with Gasteiger partial charge in [-0.05, 0) is 41.8 Å². The van der Waals surface area contributed by atoms with Crippen molar-refractivity contribution in [3.8, 4) is 16.9 Å². The van der Waals surface area contributed by atoms with Crippen molar-refractivity contribution in [1.82, 2.24) is 9.66 Å². The fourth-order valence-electron chi connectivity index (χ4n) is 2.21.